The lowest BCUT2D eigenvalue weighted by Crippen LogP contribution is -2.22. The molecule has 5 nitrogen and oxygen atoms in total. The van der Waals surface area contributed by atoms with E-state index in [1.165, 1.54) is 12.1 Å². The molecule has 98 valence electrons. The second-order valence-corrected chi connectivity index (χ2v) is 5.39. The van der Waals surface area contributed by atoms with Crippen molar-refractivity contribution in [1.29, 1.82) is 0 Å². The van der Waals surface area contributed by atoms with Crippen molar-refractivity contribution in [1.82, 2.24) is 4.98 Å². The Balaban J connectivity index is 2.21. The highest BCUT2D eigenvalue weighted by Gasteiger charge is 2.26. The van der Waals surface area contributed by atoms with Gasteiger partial charge in [-0.1, -0.05) is 25.4 Å². The number of nitrogens with zero attached hydrogens (tertiary/aromatic N) is 3. The number of anilines is 1. The summed E-state index contributed by atoms with van der Waals surface area (Å²) in [6, 6.07) is 2.77. The largest absolute Gasteiger partial charge is 0.356 e. The molecule has 6 heteroatoms. The Kier molecular flexibility index (Phi) is 3.71. The highest BCUT2D eigenvalue weighted by molar-refractivity contribution is 6.29. The first-order valence-electron chi connectivity index (χ1n) is 6.04. The van der Waals surface area contributed by atoms with Crippen molar-refractivity contribution in [3.05, 3.63) is 27.4 Å². The molecule has 0 N–H and O–H groups in total. The van der Waals surface area contributed by atoms with Crippen LogP contribution in [0.1, 0.15) is 20.3 Å². The van der Waals surface area contributed by atoms with Gasteiger partial charge in [0, 0.05) is 13.1 Å². The van der Waals surface area contributed by atoms with Gasteiger partial charge in [-0.25, -0.2) is 4.98 Å². The number of aromatic nitrogens is 1. The molecule has 1 unspecified atom stereocenters. The van der Waals surface area contributed by atoms with Crippen LogP contribution in [0.2, 0.25) is 5.15 Å². The van der Waals surface area contributed by atoms with E-state index in [9.17, 15) is 10.1 Å². The minimum Gasteiger partial charge on any atom is -0.356 e. The Labute approximate surface area is 111 Å². The zero-order valence-electron chi connectivity index (χ0n) is 10.5. The summed E-state index contributed by atoms with van der Waals surface area (Å²) >= 11 is 5.83. The molecule has 0 radical (unpaired) electrons. The molecule has 1 aromatic heterocycles. The smallest absolute Gasteiger partial charge is 0.276 e. The standard InChI is InChI=1S/C12H16ClN3O2/c1-8(2)9-3-4-15(7-9)12-6-10(16(17)18)5-11(13)14-12/h5-6,8-9H,3-4,7H2,1-2H3. The van der Waals surface area contributed by atoms with Crippen LogP contribution in [-0.4, -0.2) is 23.0 Å². The van der Waals surface area contributed by atoms with E-state index in [-0.39, 0.29) is 10.8 Å². The van der Waals surface area contributed by atoms with E-state index >= 15 is 0 Å². The predicted octanol–water partition coefficient (Wildman–Crippen LogP) is 3.13. The molecule has 1 atom stereocenters. The molecule has 0 amide bonds. The summed E-state index contributed by atoms with van der Waals surface area (Å²) in [4.78, 5) is 16.6. The second-order valence-electron chi connectivity index (χ2n) is 5.00. The number of nitro groups is 1. The monoisotopic (exact) mass is 269 g/mol. The van der Waals surface area contributed by atoms with Crippen LogP contribution in [0, 0.1) is 22.0 Å². The van der Waals surface area contributed by atoms with Crippen LogP contribution in [0.25, 0.3) is 0 Å². The molecule has 2 rings (SSSR count). The van der Waals surface area contributed by atoms with Gasteiger partial charge in [-0.05, 0) is 18.3 Å². The first-order chi connectivity index (χ1) is 8.47. The Morgan fingerprint density at radius 1 is 1.56 bits per heavy atom. The lowest BCUT2D eigenvalue weighted by molar-refractivity contribution is -0.384. The van der Waals surface area contributed by atoms with Gasteiger partial charge in [0.05, 0.1) is 17.1 Å². The van der Waals surface area contributed by atoms with Gasteiger partial charge in [-0.15, -0.1) is 0 Å². The third-order valence-electron chi connectivity index (χ3n) is 3.47. The van der Waals surface area contributed by atoms with E-state index in [1.807, 2.05) is 0 Å². The third kappa shape index (κ3) is 2.72. The minimum absolute atomic E-state index is 0.00185. The van der Waals surface area contributed by atoms with Crippen molar-refractivity contribution in [3.63, 3.8) is 0 Å². The van der Waals surface area contributed by atoms with E-state index in [4.69, 9.17) is 11.6 Å². The topological polar surface area (TPSA) is 59.3 Å². The minimum atomic E-state index is -0.437. The molecule has 0 aromatic carbocycles. The fraction of sp³-hybridized carbons (Fsp3) is 0.583. The van der Waals surface area contributed by atoms with Crippen LogP contribution >= 0.6 is 11.6 Å². The molecule has 18 heavy (non-hydrogen) atoms. The molecule has 1 aliphatic rings. The molecular formula is C12H16ClN3O2. The first kappa shape index (κ1) is 13.1. The Hall–Kier alpha value is -1.36. The number of hydrogen-bond donors (Lipinski definition) is 0. The van der Waals surface area contributed by atoms with Crippen LogP contribution < -0.4 is 4.90 Å². The summed E-state index contributed by atoms with van der Waals surface area (Å²) in [5, 5.41) is 11.0. The van der Waals surface area contributed by atoms with Gasteiger partial charge in [0.25, 0.3) is 5.69 Å². The molecule has 0 aliphatic carbocycles. The lowest BCUT2D eigenvalue weighted by Gasteiger charge is -2.18. The van der Waals surface area contributed by atoms with E-state index < -0.39 is 4.92 Å². The van der Waals surface area contributed by atoms with E-state index in [1.54, 1.807) is 0 Å². The van der Waals surface area contributed by atoms with Gasteiger partial charge in [-0.2, -0.15) is 0 Å². The number of halogens is 1. The average molecular weight is 270 g/mol. The SMILES string of the molecule is CC(C)C1CCN(c2cc([N+](=O)[O-])cc(Cl)n2)C1. The van der Waals surface area contributed by atoms with Gasteiger partial charge in [0.1, 0.15) is 11.0 Å². The van der Waals surface area contributed by atoms with Crippen LogP contribution in [0.5, 0.6) is 0 Å². The Bertz CT molecular complexity index is 465. The van der Waals surface area contributed by atoms with Crippen LogP contribution in [0.3, 0.4) is 0 Å². The van der Waals surface area contributed by atoms with Gasteiger partial charge in [0.2, 0.25) is 0 Å². The van der Waals surface area contributed by atoms with Gasteiger partial charge < -0.3 is 4.90 Å². The van der Waals surface area contributed by atoms with Crippen LogP contribution in [0.15, 0.2) is 12.1 Å². The van der Waals surface area contributed by atoms with E-state index in [0.717, 1.165) is 19.5 Å². The molecule has 0 spiro atoms. The lowest BCUT2D eigenvalue weighted by atomic mass is 9.95. The third-order valence-corrected chi connectivity index (χ3v) is 3.66. The number of pyridine rings is 1. The summed E-state index contributed by atoms with van der Waals surface area (Å²) in [6.07, 6.45) is 1.10. The van der Waals surface area contributed by atoms with Crippen molar-refractivity contribution in [2.45, 2.75) is 20.3 Å². The molecule has 1 fully saturated rings. The maximum absolute atomic E-state index is 10.8. The average Bonchev–Trinajstić information content (AvgIpc) is 2.77. The molecule has 1 aromatic rings. The highest BCUT2D eigenvalue weighted by atomic mass is 35.5. The van der Waals surface area contributed by atoms with Crippen molar-refractivity contribution in [3.8, 4) is 0 Å². The van der Waals surface area contributed by atoms with Crippen LogP contribution in [-0.2, 0) is 0 Å². The summed E-state index contributed by atoms with van der Waals surface area (Å²) in [6.45, 7) is 6.17. The summed E-state index contributed by atoms with van der Waals surface area (Å²) in [7, 11) is 0. The summed E-state index contributed by atoms with van der Waals surface area (Å²) < 4.78 is 0. The molecule has 0 bridgehead atoms. The van der Waals surface area contributed by atoms with Crippen molar-refractivity contribution in [2.75, 3.05) is 18.0 Å². The Morgan fingerprint density at radius 3 is 2.83 bits per heavy atom. The van der Waals surface area contributed by atoms with Gasteiger partial charge in [0.15, 0.2) is 0 Å². The molecular weight excluding hydrogens is 254 g/mol. The molecule has 1 saturated heterocycles. The quantitative estimate of drug-likeness (QED) is 0.480. The number of hydrogen-bond acceptors (Lipinski definition) is 4. The molecule has 2 heterocycles. The zero-order valence-corrected chi connectivity index (χ0v) is 11.2. The Morgan fingerprint density at radius 2 is 2.28 bits per heavy atom. The molecule has 1 aliphatic heterocycles. The van der Waals surface area contributed by atoms with Crippen molar-refractivity contribution < 1.29 is 4.92 Å². The maximum atomic E-state index is 10.8. The normalized spacial score (nSPS) is 19.6. The maximum Gasteiger partial charge on any atom is 0.276 e. The van der Waals surface area contributed by atoms with Crippen molar-refractivity contribution >= 4 is 23.1 Å². The predicted molar refractivity (Wildman–Crippen MR) is 71.1 cm³/mol. The fourth-order valence-electron chi connectivity index (χ4n) is 2.28. The first-order valence-corrected chi connectivity index (χ1v) is 6.42. The number of rotatable bonds is 3. The van der Waals surface area contributed by atoms with E-state index in [0.29, 0.717) is 17.7 Å². The van der Waals surface area contributed by atoms with Gasteiger partial charge in [-0.3, -0.25) is 10.1 Å². The zero-order chi connectivity index (χ0) is 13.3. The van der Waals surface area contributed by atoms with Gasteiger partial charge >= 0.3 is 0 Å². The van der Waals surface area contributed by atoms with Crippen molar-refractivity contribution in [2.24, 2.45) is 11.8 Å². The molecule has 0 saturated carbocycles. The van der Waals surface area contributed by atoms with Crippen LogP contribution in [0.4, 0.5) is 11.5 Å². The summed E-state index contributed by atoms with van der Waals surface area (Å²) in [5.41, 5.74) is -0.00185. The fourth-order valence-corrected chi connectivity index (χ4v) is 2.48. The van der Waals surface area contributed by atoms with E-state index in [2.05, 4.69) is 23.7 Å². The summed E-state index contributed by atoms with van der Waals surface area (Å²) in [5.74, 6) is 1.84. The highest BCUT2D eigenvalue weighted by Crippen LogP contribution is 2.30. The second kappa shape index (κ2) is 5.10.